The van der Waals surface area contributed by atoms with Gasteiger partial charge in [-0.1, -0.05) is 23.1 Å². The van der Waals surface area contributed by atoms with Gasteiger partial charge in [-0.15, -0.1) is 10.2 Å². The predicted molar refractivity (Wildman–Crippen MR) is 83.6 cm³/mol. The number of carbonyl (C=O) groups excluding carboxylic acids is 1. The molecular formula is C12H15N3O2S3. The number of nitrogens with one attached hydrogen (secondary N) is 1. The fraction of sp³-hybridized carbons (Fsp3) is 0.417. The molecule has 2 aromatic rings. The lowest BCUT2D eigenvalue weighted by molar-refractivity contribution is 0.0927. The van der Waals surface area contributed by atoms with Crippen molar-refractivity contribution in [3.05, 3.63) is 28.7 Å². The minimum absolute atomic E-state index is 0.175. The van der Waals surface area contributed by atoms with E-state index < -0.39 is 0 Å². The lowest BCUT2D eigenvalue weighted by Gasteiger charge is -2.01. The summed E-state index contributed by atoms with van der Waals surface area (Å²) in [5.41, 5.74) is 0. The van der Waals surface area contributed by atoms with Gasteiger partial charge < -0.3 is 9.73 Å². The number of aryl methyl sites for hydroxylation is 1. The van der Waals surface area contributed by atoms with Gasteiger partial charge in [0.2, 0.25) is 0 Å². The fourth-order valence-corrected chi connectivity index (χ4v) is 3.63. The highest BCUT2D eigenvalue weighted by molar-refractivity contribution is 8.01. The van der Waals surface area contributed by atoms with Crippen LogP contribution in [0.4, 0.5) is 0 Å². The molecule has 8 heteroatoms. The molecule has 1 N–H and O–H groups in total. The van der Waals surface area contributed by atoms with Gasteiger partial charge in [0.05, 0.1) is 5.75 Å². The molecule has 0 bridgehead atoms. The van der Waals surface area contributed by atoms with Crippen molar-refractivity contribution in [2.45, 2.75) is 17.0 Å². The van der Waals surface area contributed by atoms with Crippen molar-refractivity contribution >= 4 is 40.8 Å². The molecule has 5 nitrogen and oxygen atoms in total. The van der Waals surface area contributed by atoms with Gasteiger partial charge in [-0.3, -0.25) is 4.79 Å². The van der Waals surface area contributed by atoms with Gasteiger partial charge in [0, 0.05) is 12.3 Å². The molecule has 0 aliphatic rings. The average molecular weight is 329 g/mol. The van der Waals surface area contributed by atoms with E-state index in [0.29, 0.717) is 12.3 Å². The van der Waals surface area contributed by atoms with E-state index in [1.165, 1.54) is 0 Å². The highest BCUT2D eigenvalue weighted by atomic mass is 32.2. The Hall–Kier alpha value is -0.990. The van der Waals surface area contributed by atoms with Crippen LogP contribution in [0.3, 0.4) is 0 Å². The molecule has 0 saturated heterocycles. The zero-order valence-corrected chi connectivity index (χ0v) is 13.7. The number of hydrogen-bond acceptors (Lipinski definition) is 7. The summed E-state index contributed by atoms with van der Waals surface area (Å²) < 4.78 is 6.37. The molecule has 0 aliphatic carbocycles. The number of hydrogen-bond donors (Lipinski definition) is 1. The third-order valence-electron chi connectivity index (χ3n) is 2.29. The van der Waals surface area contributed by atoms with Gasteiger partial charge >= 0.3 is 0 Å². The summed E-state index contributed by atoms with van der Waals surface area (Å²) in [6.45, 7) is 2.49. The maximum Gasteiger partial charge on any atom is 0.287 e. The van der Waals surface area contributed by atoms with E-state index in [-0.39, 0.29) is 5.91 Å². The van der Waals surface area contributed by atoms with Crippen LogP contribution >= 0.6 is 34.9 Å². The summed E-state index contributed by atoms with van der Waals surface area (Å²) in [5, 5.41) is 11.7. The van der Waals surface area contributed by atoms with Crippen LogP contribution in [0.1, 0.15) is 21.3 Å². The number of amides is 1. The molecule has 0 aromatic carbocycles. The number of aromatic nitrogens is 2. The van der Waals surface area contributed by atoms with Crippen molar-refractivity contribution < 1.29 is 9.21 Å². The first-order valence-electron chi connectivity index (χ1n) is 5.98. The molecular weight excluding hydrogens is 314 g/mol. The number of nitrogens with zero attached hydrogens (tertiary/aromatic N) is 2. The number of furan rings is 1. The molecule has 0 unspecified atom stereocenters. The van der Waals surface area contributed by atoms with Crippen LogP contribution in [0.2, 0.25) is 0 Å². The van der Waals surface area contributed by atoms with E-state index in [1.807, 2.05) is 19.2 Å². The van der Waals surface area contributed by atoms with E-state index >= 15 is 0 Å². The van der Waals surface area contributed by atoms with E-state index in [0.717, 1.165) is 26.6 Å². The van der Waals surface area contributed by atoms with Crippen LogP contribution in [0.5, 0.6) is 0 Å². The number of carbonyl (C=O) groups is 1. The largest absolute Gasteiger partial charge is 0.455 e. The number of thioether (sulfide) groups is 2. The molecule has 0 radical (unpaired) electrons. The highest BCUT2D eigenvalue weighted by Crippen LogP contribution is 2.21. The maximum absolute atomic E-state index is 11.8. The second-order valence-electron chi connectivity index (χ2n) is 3.89. The van der Waals surface area contributed by atoms with Crippen molar-refractivity contribution in [3.8, 4) is 0 Å². The Morgan fingerprint density at radius 2 is 2.30 bits per heavy atom. The smallest absolute Gasteiger partial charge is 0.287 e. The standard InChI is InChI=1S/C12H15N3O2S3/c1-8-14-15-12(20-8)19-6-5-13-11(16)10-4-3-9(17-10)7-18-2/h3-4H,5-7H2,1-2H3,(H,13,16). The van der Waals surface area contributed by atoms with E-state index in [2.05, 4.69) is 15.5 Å². The first-order valence-corrected chi connectivity index (χ1v) is 9.17. The molecule has 2 rings (SSSR count). The Balaban J connectivity index is 1.71. The molecule has 0 atom stereocenters. The molecule has 2 aromatic heterocycles. The summed E-state index contributed by atoms with van der Waals surface area (Å²) in [4.78, 5) is 11.8. The minimum atomic E-state index is -0.175. The maximum atomic E-state index is 11.8. The molecule has 0 aliphatic heterocycles. The molecule has 0 spiro atoms. The van der Waals surface area contributed by atoms with Gasteiger partial charge in [-0.25, -0.2) is 0 Å². The Kier molecular flexibility index (Phi) is 5.93. The van der Waals surface area contributed by atoms with Gasteiger partial charge in [0.1, 0.15) is 10.8 Å². The van der Waals surface area contributed by atoms with Crippen molar-refractivity contribution in [2.75, 3.05) is 18.6 Å². The Morgan fingerprint density at radius 3 is 3.00 bits per heavy atom. The zero-order valence-electron chi connectivity index (χ0n) is 11.2. The molecule has 0 saturated carbocycles. The third-order valence-corrected chi connectivity index (χ3v) is 4.84. The Morgan fingerprint density at radius 1 is 1.45 bits per heavy atom. The highest BCUT2D eigenvalue weighted by Gasteiger charge is 2.10. The van der Waals surface area contributed by atoms with E-state index in [4.69, 9.17) is 4.42 Å². The zero-order chi connectivity index (χ0) is 14.4. The predicted octanol–water partition coefficient (Wildman–Crippen LogP) is 2.82. The third kappa shape index (κ3) is 4.53. The average Bonchev–Trinajstić information content (AvgIpc) is 3.04. The van der Waals surface area contributed by atoms with Gasteiger partial charge in [-0.2, -0.15) is 11.8 Å². The first-order chi connectivity index (χ1) is 9.69. The minimum Gasteiger partial charge on any atom is -0.455 e. The molecule has 0 fully saturated rings. The second kappa shape index (κ2) is 7.70. The van der Waals surface area contributed by atoms with E-state index in [9.17, 15) is 4.79 Å². The van der Waals surface area contributed by atoms with Crippen LogP contribution in [-0.4, -0.2) is 34.7 Å². The van der Waals surface area contributed by atoms with Crippen molar-refractivity contribution in [3.63, 3.8) is 0 Å². The fourth-order valence-electron chi connectivity index (χ4n) is 1.45. The van der Waals surface area contributed by atoms with Crippen molar-refractivity contribution in [2.24, 2.45) is 0 Å². The quantitative estimate of drug-likeness (QED) is 0.622. The monoisotopic (exact) mass is 329 g/mol. The number of rotatable bonds is 7. The van der Waals surface area contributed by atoms with Gasteiger partial charge in [0.25, 0.3) is 5.91 Å². The molecule has 1 amide bonds. The first kappa shape index (κ1) is 15.4. The lowest BCUT2D eigenvalue weighted by atomic mass is 10.4. The normalized spacial score (nSPS) is 10.7. The van der Waals surface area contributed by atoms with Gasteiger partial charge in [-0.05, 0) is 25.3 Å². The Labute approximate surface area is 129 Å². The van der Waals surface area contributed by atoms with Crippen molar-refractivity contribution in [1.29, 1.82) is 0 Å². The topological polar surface area (TPSA) is 68.0 Å². The summed E-state index contributed by atoms with van der Waals surface area (Å²) >= 11 is 4.81. The second-order valence-corrected chi connectivity index (χ2v) is 7.28. The Bertz CT molecular complexity index is 568. The summed E-state index contributed by atoms with van der Waals surface area (Å²) in [6.07, 6.45) is 1.99. The molecule has 108 valence electrons. The summed E-state index contributed by atoms with van der Waals surface area (Å²) in [7, 11) is 0. The SMILES string of the molecule is CSCc1ccc(C(=O)NCCSc2nnc(C)s2)o1. The van der Waals surface area contributed by atoms with Crippen LogP contribution in [0.15, 0.2) is 20.9 Å². The molecule has 2 heterocycles. The summed E-state index contributed by atoms with van der Waals surface area (Å²) in [5.74, 6) is 2.55. The van der Waals surface area contributed by atoms with E-state index in [1.54, 1.807) is 40.9 Å². The molecule has 20 heavy (non-hydrogen) atoms. The van der Waals surface area contributed by atoms with Gasteiger partial charge in [0.15, 0.2) is 10.1 Å². The van der Waals surface area contributed by atoms with Crippen LogP contribution in [0.25, 0.3) is 0 Å². The van der Waals surface area contributed by atoms with Crippen LogP contribution in [0, 0.1) is 6.92 Å². The van der Waals surface area contributed by atoms with Crippen LogP contribution in [-0.2, 0) is 5.75 Å². The van der Waals surface area contributed by atoms with Crippen molar-refractivity contribution in [1.82, 2.24) is 15.5 Å². The lowest BCUT2D eigenvalue weighted by Crippen LogP contribution is -2.25. The summed E-state index contributed by atoms with van der Waals surface area (Å²) in [6, 6.07) is 3.55. The van der Waals surface area contributed by atoms with Crippen LogP contribution < -0.4 is 5.32 Å².